The van der Waals surface area contributed by atoms with Crippen LogP contribution in [0.1, 0.15) is 37.8 Å². The molecule has 33 heavy (non-hydrogen) atoms. The Kier molecular flexibility index (Phi) is 5.67. The SMILES string of the molecule is C[C@H]1CN(c2ncc(C#N)cn2)[C@@H](C)CN1C(=O)NC1CC2(C1)CN(Cc1ccccc1)C2. The van der Waals surface area contributed by atoms with E-state index < -0.39 is 0 Å². The van der Waals surface area contributed by atoms with E-state index in [1.54, 1.807) is 12.4 Å². The van der Waals surface area contributed by atoms with E-state index in [0.717, 1.165) is 32.5 Å². The summed E-state index contributed by atoms with van der Waals surface area (Å²) in [5, 5.41) is 12.2. The van der Waals surface area contributed by atoms with Crippen molar-refractivity contribution < 1.29 is 4.79 Å². The number of nitriles is 1. The van der Waals surface area contributed by atoms with E-state index in [2.05, 4.69) is 69.3 Å². The number of carbonyl (C=O) groups excluding carboxylic acids is 1. The zero-order valence-electron chi connectivity index (χ0n) is 19.3. The van der Waals surface area contributed by atoms with Crippen LogP contribution in [-0.4, -0.2) is 70.1 Å². The number of benzene rings is 1. The van der Waals surface area contributed by atoms with Gasteiger partial charge in [-0.25, -0.2) is 14.8 Å². The molecule has 2 atom stereocenters. The second-order valence-corrected chi connectivity index (χ2v) is 10.1. The van der Waals surface area contributed by atoms with Gasteiger partial charge in [-0.3, -0.25) is 4.90 Å². The Labute approximate surface area is 195 Å². The van der Waals surface area contributed by atoms with Crippen molar-refractivity contribution in [1.82, 2.24) is 25.1 Å². The smallest absolute Gasteiger partial charge is 0.317 e. The molecule has 172 valence electrons. The molecule has 0 bridgehead atoms. The van der Waals surface area contributed by atoms with Gasteiger partial charge in [0.2, 0.25) is 5.95 Å². The lowest BCUT2D eigenvalue weighted by atomic mass is 9.60. The lowest BCUT2D eigenvalue weighted by Crippen LogP contribution is -2.68. The van der Waals surface area contributed by atoms with E-state index >= 15 is 0 Å². The molecule has 0 unspecified atom stereocenters. The Morgan fingerprint density at radius 2 is 1.82 bits per heavy atom. The number of nitrogens with zero attached hydrogens (tertiary/aromatic N) is 6. The fourth-order valence-corrected chi connectivity index (χ4v) is 5.67. The van der Waals surface area contributed by atoms with Crippen LogP contribution >= 0.6 is 0 Å². The zero-order chi connectivity index (χ0) is 23.0. The maximum Gasteiger partial charge on any atom is 0.317 e. The molecule has 1 aromatic heterocycles. The van der Waals surface area contributed by atoms with Crippen molar-refractivity contribution in [2.75, 3.05) is 31.1 Å². The molecule has 2 aromatic rings. The van der Waals surface area contributed by atoms with Gasteiger partial charge in [0.05, 0.1) is 18.0 Å². The van der Waals surface area contributed by atoms with Crippen molar-refractivity contribution in [3.05, 3.63) is 53.9 Å². The van der Waals surface area contributed by atoms with Crippen LogP contribution in [0.5, 0.6) is 0 Å². The molecule has 5 rings (SSSR count). The Bertz CT molecular complexity index is 1020. The van der Waals surface area contributed by atoms with Crippen molar-refractivity contribution in [1.29, 1.82) is 5.26 Å². The molecule has 1 aromatic carbocycles. The molecule has 0 radical (unpaired) electrons. The summed E-state index contributed by atoms with van der Waals surface area (Å²) in [6, 6.07) is 13.1. The molecule has 2 saturated heterocycles. The Balaban J connectivity index is 1.09. The lowest BCUT2D eigenvalue weighted by molar-refractivity contribution is -0.0811. The van der Waals surface area contributed by atoms with Crippen LogP contribution in [0.2, 0.25) is 0 Å². The minimum absolute atomic E-state index is 0.0371. The zero-order valence-corrected chi connectivity index (χ0v) is 19.3. The Morgan fingerprint density at radius 3 is 2.48 bits per heavy atom. The van der Waals surface area contributed by atoms with Gasteiger partial charge in [0.1, 0.15) is 6.07 Å². The summed E-state index contributed by atoms with van der Waals surface area (Å²) in [5.74, 6) is 0.611. The predicted molar refractivity (Wildman–Crippen MR) is 125 cm³/mol. The van der Waals surface area contributed by atoms with Crippen molar-refractivity contribution in [2.24, 2.45) is 5.41 Å². The highest BCUT2D eigenvalue weighted by molar-refractivity contribution is 5.75. The highest BCUT2D eigenvalue weighted by Gasteiger charge is 2.52. The van der Waals surface area contributed by atoms with E-state index in [4.69, 9.17) is 5.26 Å². The Hall–Kier alpha value is -3.18. The number of nitrogens with one attached hydrogen (secondary N) is 1. The molecule has 3 aliphatic rings. The molecule has 8 heteroatoms. The number of hydrogen-bond acceptors (Lipinski definition) is 6. The first-order valence-electron chi connectivity index (χ1n) is 11.8. The van der Waals surface area contributed by atoms with Crippen LogP contribution in [0.15, 0.2) is 42.7 Å². The molecule has 1 spiro atoms. The number of amides is 2. The van der Waals surface area contributed by atoms with E-state index in [9.17, 15) is 4.79 Å². The first-order chi connectivity index (χ1) is 15.9. The summed E-state index contributed by atoms with van der Waals surface area (Å²) < 4.78 is 0. The highest BCUT2D eigenvalue weighted by Crippen LogP contribution is 2.48. The monoisotopic (exact) mass is 445 g/mol. The van der Waals surface area contributed by atoms with Gasteiger partial charge in [-0.1, -0.05) is 30.3 Å². The second kappa shape index (κ2) is 8.64. The van der Waals surface area contributed by atoms with Gasteiger partial charge in [-0.15, -0.1) is 0 Å². The average Bonchev–Trinajstić information content (AvgIpc) is 2.78. The summed E-state index contributed by atoms with van der Waals surface area (Å²) in [6.45, 7) is 8.72. The molecule has 3 heterocycles. The number of rotatable bonds is 4. The summed E-state index contributed by atoms with van der Waals surface area (Å²) in [7, 11) is 0. The normalized spacial score (nSPS) is 24.6. The molecular weight excluding hydrogens is 414 g/mol. The molecular formula is C25H31N7O. The number of likely N-dealkylation sites (tertiary alicyclic amines) is 1. The maximum atomic E-state index is 13.0. The fraction of sp³-hybridized carbons (Fsp3) is 0.520. The van der Waals surface area contributed by atoms with Crippen LogP contribution in [0.4, 0.5) is 10.7 Å². The first-order valence-corrected chi connectivity index (χ1v) is 11.8. The number of aromatic nitrogens is 2. The van der Waals surface area contributed by atoms with Crippen LogP contribution in [0.25, 0.3) is 0 Å². The van der Waals surface area contributed by atoms with Crippen LogP contribution in [0, 0.1) is 16.7 Å². The summed E-state index contributed by atoms with van der Waals surface area (Å²) in [4.78, 5) is 28.2. The highest BCUT2D eigenvalue weighted by atomic mass is 16.2. The minimum atomic E-state index is 0.0371. The number of carbonyl (C=O) groups is 1. The summed E-state index contributed by atoms with van der Waals surface area (Å²) in [6.07, 6.45) is 5.25. The molecule has 8 nitrogen and oxygen atoms in total. The third kappa shape index (κ3) is 4.38. The lowest BCUT2D eigenvalue weighted by Gasteiger charge is -2.59. The average molecular weight is 446 g/mol. The third-order valence-corrected chi connectivity index (χ3v) is 7.32. The quantitative estimate of drug-likeness (QED) is 0.778. The van der Waals surface area contributed by atoms with Gasteiger partial charge in [0, 0.05) is 50.8 Å². The van der Waals surface area contributed by atoms with Crippen molar-refractivity contribution in [2.45, 2.75) is 51.4 Å². The number of hydrogen-bond donors (Lipinski definition) is 1. The van der Waals surface area contributed by atoms with Crippen molar-refractivity contribution >= 4 is 12.0 Å². The largest absolute Gasteiger partial charge is 0.335 e. The van der Waals surface area contributed by atoms with Crippen molar-refractivity contribution in [3.8, 4) is 6.07 Å². The first kappa shape index (κ1) is 21.7. The summed E-state index contributed by atoms with van der Waals surface area (Å²) >= 11 is 0. The van der Waals surface area contributed by atoms with Gasteiger partial charge in [0.25, 0.3) is 0 Å². The molecule has 2 amide bonds. The maximum absolute atomic E-state index is 13.0. The van der Waals surface area contributed by atoms with Gasteiger partial charge in [0.15, 0.2) is 0 Å². The third-order valence-electron chi connectivity index (χ3n) is 7.32. The van der Waals surface area contributed by atoms with Crippen LogP contribution < -0.4 is 10.2 Å². The van der Waals surface area contributed by atoms with Gasteiger partial charge >= 0.3 is 6.03 Å². The van der Waals surface area contributed by atoms with E-state index in [0.29, 0.717) is 30.0 Å². The molecule has 3 fully saturated rings. The van der Waals surface area contributed by atoms with Gasteiger partial charge < -0.3 is 15.1 Å². The summed E-state index contributed by atoms with van der Waals surface area (Å²) in [5.41, 5.74) is 2.22. The molecule has 1 aliphatic carbocycles. The minimum Gasteiger partial charge on any atom is -0.335 e. The van der Waals surface area contributed by atoms with Gasteiger partial charge in [-0.05, 0) is 37.7 Å². The molecule has 2 aliphatic heterocycles. The standard InChI is InChI=1S/C25H31N7O/c1-18-14-32(19(2)13-31(18)23-27-11-21(10-26)12-28-23)24(33)29-22-8-25(9-22)16-30(17-25)15-20-6-4-3-5-7-20/h3-7,11-12,18-19,22H,8-9,13-17H2,1-2H3,(H,29,33)/t18-,19-/m0/s1. The van der Waals surface area contributed by atoms with Gasteiger partial charge in [-0.2, -0.15) is 5.26 Å². The Morgan fingerprint density at radius 1 is 1.12 bits per heavy atom. The second-order valence-electron chi connectivity index (χ2n) is 10.1. The number of piperazine rings is 1. The van der Waals surface area contributed by atoms with E-state index in [1.807, 2.05) is 11.0 Å². The number of anilines is 1. The van der Waals surface area contributed by atoms with Crippen LogP contribution in [0.3, 0.4) is 0 Å². The van der Waals surface area contributed by atoms with Crippen molar-refractivity contribution in [3.63, 3.8) is 0 Å². The van der Waals surface area contributed by atoms with E-state index in [1.165, 1.54) is 5.56 Å². The molecule has 1 N–H and O–H groups in total. The van der Waals surface area contributed by atoms with E-state index in [-0.39, 0.29) is 24.2 Å². The van der Waals surface area contributed by atoms with Crippen LogP contribution in [-0.2, 0) is 6.54 Å². The predicted octanol–water partition coefficient (Wildman–Crippen LogP) is 2.62. The number of urea groups is 1. The molecule has 1 saturated carbocycles. The topological polar surface area (TPSA) is 88.4 Å². The fourth-order valence-electron chi connectivity index (χ4n) is 5.67.